The zero-order chi connectivity index (χ0) is 15.4. The van der Waals surface area contributed by atoms with Gasteiger partial charge >= 0.3 is 0 Å². The minimum absolute atomic E-state index is 0.0880. The lowest BCUT2D eigenvalue weighted by molar-refractivity contribution is -0.136. The smallest absolute Gasteiger partial charge is 0.231 e. The van der Waals surface area contributed by atoms with Crippen molar-refractivity contribution < 1.29 is 9.53 Å². The molecule has 0 N–H and O–H groups in total. The molecule has 0 bridgehead atoms. The number of rotatable bonds is 3. The zero-order valence-corrected chi connectivity index (χ0v) is 12.6. The predicted octanol–water partition coefficient (Wildman–Crippen LogP) is 2.11. The van der Waals surface area contributed by atoms with E-state index in [1.807, 2.05) is 42.2 Å². The summed E-state index contributed by atoms with van der Waals surface area (Å²) in [6.45, 7) is 4.40. The number of amides is 1. The number of benzene rings is 1. The van der Waals surface area contributed by atoms with Crippen molar-refractivity contribution in [3.63, 3.8) is 0 Å². The topological polar surface area (TPSA) is 55.3 Å². The molecule has 1 aliphatic rings. The monoisotopic (exact) mass is 297 g/mol. The summed E-state index contributed by atoms with van der Waals surface area (Å²) in [6, 6.07) is 9.89. The van der Waals surface area contributed by atoms with E-state index in [2.05, 4.69) is 9.97 Å². The van der Waals surface area contributed by atoms with Gasteiger partial charge in [0.1, 0.15) is 0 Å². The maximum Gasteiger partial charge on any atom is 0.231 e. The van der Waals surface area contributed by atoms with Crippen LogP contribution in [0.15, 0.2) is 42.7 Å². The Labute approximate surface area is 130 Å². The van der Waals surface area contributed by atoms with Crippen molar-refractivity contribution in [1.82, 2.24) is 14.9 Å². The van der Waals surface area contributed by atoms with Gasteiger partial charge in [-0.15, -0.1) is 0 Å². The van der Waals surface area contributed by atoms with Crippen LogP contribution in [0.3, 0.4) is 0 Å². The summed E-state index contributed by atoms with van der Waals surface area (Å²) in [5, 5.41) is 0. The lowest BCUT2D eigenvalue weighted by atomic mass is 10.1. The van der Waals surface area contributed by atoms with Gasteiger partial charge in [-0.1, -0.05) is 30.3 Å². The first-order valence-corrected chi connectivity index (χ1v) is 7.49. The van der Waals surface area contributed by atoms with Crippen molar-refractivity contribution in [1.29, 1.82) is 0 Å². The summed E-state index contributed by atoms with van der Waals surface area (Å²) in [5.41, 5.74) is 2.54. The third-order valence-electron chi connectivity index (χ3n) is 3.88. The van der Waals surface area contributed by atoms with E-state index in [-0.39, 0.29) is 11.8 Å². The number of nitrogens with zero attached hydrogens (tertiary/aromatic N) is 3. The number of morpholine rings is 1. The van der Waals surface area contributed by atoms with Crippen LogP contribution in [0.5, 0.6) is 0 Å². The molecule has 0 aliphatic carbocycles. The van der Waals surface area contributed by atoms with Crippen molar-refractivity contribution in [2.75, 3.05) is 26.3 Å². The molecule has 3 rings (SSSR count). The van der Waals surface area contributed by atoms with E-state index in [9.17, 15) is 4.79 Å². The molecular weight excluding hydrogens is 278 g/mol. The SMILES string of the molecule is CC(C(=O)N1CCOCC1)c1cnc(-c2ccccc2)cn1. The Bertz CT molecular complexity index is 622. The lowest BCUT2D eigenvalue weighted by Crippen LogP contribution is -2.42. The molecule has 1 unspecified atom stereocenters. The van der Waals surface area contributed by atoms with Crippen LogP contribution in [0.25, 0.3) is 11.3 Å². The van der Waals surface area contributed by atoms with Gasteiger partial charge in [0, 0.05) is 24.8 Å². The second-order valence-electron chi connectivity index (χ2n) is 5.35. The van der Waals surface area contributed by atoms with E-state index < -0.39 is 0 Å². The summed E-state index contributed by atoms with van der Waals surface area (Å²) in [4.78, 5) is 23.2. The Morgan fingerprint density at radius 3 is 2.50 bits per heavy atom. The summed E-state index contributed by atoms with van der Waals surface area (Å²) < 4.78 is 5.28. The fourth-order valence-electron chi connectivity index (χ4n) is 2.50. The molecule has 114 valence electrons. The second-order valence-corrected chi connectivity index (χ2v) is 5.35. The highest BCUT2D eigenvalue weighted by Gasteiger charge is 2.24. The Morgan fingerprint density at radius 2 is 1.86 bits per heavy atom. The van der Waals surface area contributed by atoms with Gasteiger partial charge in [-0.2, -0.15) is 0 Å². The Hall–Kier alpha value is -2.27. The Kier molecular flexibility index (Phi) is 4.44. The molecule has 2 aromatic rings. The van der Waals surface area contributed by atoms with Crippen molar-refractivity contribution in [3.05, 3.63) is 48.4 Å². The van der Waals surface area contributed by atoms with E-state index in [4.69, 9.17) is 4.74 Å². The minimum Gasteiger partial charge on any atom is -0.378 e. The van der Waals surface area contributed by atoms with Crippen molar-refractivity contribution in [2.45, 2.75) is 12.8 Å². The summed E-state index contributed by atoms with van der Waals surface area (Å²) in [6.07, 6.45) is 3.43. The van der Waals surface area contributed by atoms with Crippen LogP contribution < -0.4 is 0 Å². The van der Waals surface area contributed by atoms with Crippen molar-refractivity contribution in [2.24, 2.45) is 0 Å². The molecule has 0 radical (unpaired) electrons. The first-order chi connectivity index (χ1) is 10.8. The molecule has 1 atom stereocenters. The zero-order valence-electron chi connectivity index (χ0n) is 12.6. The highest BCUT2D eigenvalue weighted by Crippen LogP contribution is 2.19. The molecule has 22 heavy (non-hydrogen) atoms. The largest absolute Gasteiger partial charge is 0.378 e. The predicted molar refractivity (Wildman–Crippen MR) is 83.3 cm³/mol. The maximum atomic E-state index is 12.5. The molecular formula is C17H19N3O2. The van der Waals surface area contributed by atoms with E-state index in [0.29, 0.717) is 32.0 Å². The van der Waals surface area contributed by atoms with Crippen LogP contribution in [0.1, 0.15) is 18.5 Å². The van der Waals surface area contributed by atoms with Crippen LogP contribution in [0.4, 0.5) is 0 Å². The van der Waals surface area contributed by atoms with Crippen LogP contribution in [-0.2, 0) is 9.53 Å². The summed E-state index contributed by atoms with van der Waals surface area (Å²) >= 11 is 0. The fourth-order valence-corrected chi connectivity index (χ4v) is 2.50. The number of carbonyl (C=O) groups excluding carboxylic acids is 1. The molecule has 1 amide bonds. The molecule has 0 saturated carbocycles. The molecule has 1 saturated heterocycles. The van der Waals surface area contributed by atoms with E-state index in [1.54, 1.807) is 12.4 Å². The Morgan fingerprint density at radius 1 is 1.14 bits per heavy atom. The summed E-state index contributed by atoms with van der Waals surface area (Å²) in [7, 11) is 0. The average molecular weight is 297 g/mol. The van der Waals surface area contributed by atoms with Gasteiger partial charge in [0.25, 0.3) is 0 Å². The van der Waals surface area contributed by atoms with Gasteiger partial charge in [-0.05, 0) is 6.92 Å². The number of aromatic nitrogens is 2. The van der Waals surface area contributed by atoms with E-state index in [0.717, 1.165) is 11.3 Å². The van der Waals surface area contributed by atoms with Gasteiger partial charge in [0.15, 0.2) is 0 Å². The van der Waals surface area contributed by atoms with Gasteiger partial charge in [0.05, 0.1) is 36.7 Å². The quantitative estimate of drug-likeness (QED) is 0.870. The molecule has 1 aromatic carbocycles. The first kappa shape index (κ1) is 14.7. The molecule has 1 aliphatic heterocycles. The molecule has 1 fully saturated rings. The van der Waals surface area contributed by atoms with Crippen molar-refractivity contribution in [3.8, 4) is 11.3 Å². The van der Waals surface area contributed by atoms with Gasteiger partial charge in [0.2, 0.25) is 5.91 Å². The van der Waals surface area contributed by atoms with Crippen LogP contribution >= 0.6 is 0 Å². The molecule has 1 aromatic heterocycles. The third kappa shape index (κ3) is 3.14. The highest BCUT2D eigenvalue weighted by molar-refractivity contribution is 5.83. The number of hydrogen-bond donors (Lipinski definition) is 0. The average Bonchev–Trinajstić information content (AvgIpc) is 2.62. The van der Waals surface area contributed by atoms with Crippen molar-refractivity contribution >= 4 is 5.91 Å². The van der Waals surface area contributed by atoms with E-state index >= 15 is 0 Å². The Balaban J connectivity index is 1.73. The molecule has 5 heteroatoms. The highest BCUT2D eigenvalue weighted by atomic mass is 16.5. The van der Waals surface area contributed by atoms with E-state index in [1.165, 1.54) is 0 Å². The second kappa shape index (κ2) is 6.66. The van der Waals surface area contributed by atoms with Crippen LogP contribution in [-0.4, -0.2) is 47.1 Å². The lowest BCUT2D eigenvalue weighted by Gasteiger charge is -2.29. The van der Waals surface area contributed by atoms with Gasteiger partial charge < -0.3 is 9.64 Å². The normalized spacial score (nSPS) is 16.3. The molecule has 5 nitrogen and oxygen atoms in total. The number of hydrogen-bond acceptors (Lipinski definition) is 4. The summed E-state index contributed by atoms with van der Waals surface area (Å²) in [5.74, 6) is -0.194. The molecule has 2 heterocycles. The number of ether oxygens (including phenoxy) is 1. The minimum atomic E-state index is -0.282. The number of carbonyl (C=O) groups is 1. The first-order valence-electron chi connectivity index (χ1n) is 7.49. The van der Waals surface area contributed by atoms with Gasteiger partial charge in [-0.25, -0.2) is 0 Å². The molecule has 0 spiro atoms. The standard InChI is InChI=1S/C17H19N3O2/c1-13(17(21)20-7-9-22-10-8-20)15-11-19-16(12-18-15)14-5-3-2-4-6-14/h2-6,11-13H,7-10H2,1H3. The van der Waals surface area contributed by atoms with Gasteiger partial charge in [-0.3, -0.25) is 14.8 Å². The van der Waals surface area contributed by atoms with Crippen LogP contribution in [0, 0.1) is 0 Å². The van der Waals surface area contributed by atoms with Crippen LogP contribution in [0.2, 0.25) is 0 Å². The fraction of sp³-hybridized carbons (Fsp3) is 0.353. The maximum absolute atomic E-state index is 12.5. The third-order valence-corrected chi connectivity index (χ3v) is 3.88.